The number of nitrogens with one attached hydrogen (secondary N) is 1. The highest BCUT2D eigenvalue weighted by Gasteiger charge is 2.46. The zero-order valence-electron chi connectivity index (χ0n) is 11.0. The molecule has 110 valence electrons. The molecule has 0 aromatic carbocycles. The van der Waals surface area contributed by atoms with E-state index in [1.807, 2.05) is 7.05 Å². The van der Waals surface area contributed by atoms with Crippen molar-refractivity contribution in [3.8, 4) is 0 Å². The third-order valence-electron chi connectivity index (χ3n) is 3.87. The molecule has 1 N–H and O–H groups in total. The fourth-order valence-corrected chi connectivity index (χ4v) is 2.96. The number of alkyl halides is 3. The van der Waals surface area contributed by atoms with Gasteiger partial charge < -0.3 is 10.2 Å². The van der Waals surface area contributed by atoms with Gasteiger partial charge in [-0.15, -0.1) is 0 Å². The third-order valence-corrected chi connectivity index (χ3v) is 3.87. The number of piperidine rings is 1. The molecule has 0 aromatic heterocycles. The number of amides is 1. The van der Waals surface area contributed by atoms with Crippen LogP contribution >= 0.6 is 0 Å². The van der Waals surface area contributed by atoms with E-state index in [1.165, 1.54) is 4.90 Å². The van der Waals surface area contributed by atoms with Crippen LogP contribution in [-0.4, -0.2) is 67.7 Å². The van der Waals surface area contributed by atoms with E-state index < -0.39 is 12.2 Å². The molecule has 0 aliphatic carbocycles. The minimum Gasteiger partial charge on any atom is -0.353 e. The zero-order valence-corrected chi connectivity index (χ0v) is 11.0. The maximum absolute atomic E-state index is 12.9. The molecule has 0 aromatic rings. The third kappa shape index (κ3) is 3.82. The van der Waals surface area contributed by atoms with Crippen molar-refractivity contribution in [1.29, 1.82) is 0 Å². The van der Waals surface area contributed by atoms with Crippen LogP contribution in [0.3, 0.4) is 0 Å². The van der Waals surface area contributed by atoms with Crippen molar-refractivity contribution in [2.45, 2.75) is 25.1 Å². The SMILES string of the molecule is CN1CCCC(CN2CC(=O)NCC2C(F)(F)F)C1. The summed E-state index contributed by atoms with van der Waals surface area (Å²) in [4.78, 5) is 14.8. The number of nitrogens with zero attached hydrogens (tertiary/aromatic N) is 2. The van der Waals surface area contributed by atoms with Gasteiger partial charge in [-0.05, 0) is 32.4 Å². The van der Waals surface area contributed by atoms with E-state index in [0.29, 0.717) is 6.54 Å². The van der Waals surface area contributed by atoms with Gasteiger partial charge in [-0.3, -0.25) is 9.69 Å². The van der Waals surface area contributed by atoms with Gasteiger partial charge in [0.25, 0.3) is 0 Å². The first-order valence-electron chi connectivity index (χ1n) is 6.62. The molecule has 2 heterocycles. The molecule has 1 amide bonds. The van der Waals surface area contributed by atoms with Crippen molar-refractivity contribution >= 4 is 5.91 Å². The Labute approximate surface area is 110 Å². The van der Waals surface area contributed by atoms with E-state index in [0.717, 1.165) is 25.9 Å². The summed E-state index contributed by atoms with van der Waals surface area (Å²) in [6.45, 7) is 1.68. The van der Waals surface area contributed by atoms with Crippen LogP contribution < -0.4 is 5.32 Å². The van der Waals surface area contributed by atoms with Crippen LogP contribution in [0.1, 0.15) is 12.8 Å². The number of halogens is 3. The van der Waals surface area contributed by atoms with E-state index >= 15 is 0 Å². The number of rotatable bonds is 2. The summed E-state index contributed by atoms with van der Waals surface area (Å²) < 4.78 is 38.8. The Kier molecular flexibility index (Phi) is 4.35. The number of likely N-dealkylation sites (tertiary alicyclic amines) is 1. The van der Waals surface area contributed by atoms with Crippen LogP contribution in [0.5, 0.6) is 0 Å². The summed E-state index contributed by atoms with van der Waals surface area (Å²) in [5, 5.41) is 2.30. The van der Waals surface area contributed by atoms with Crippen molar-refractivity contribution in [3.05, 3.63) is 0 Å². The molecular weight excluding hydrogens is 259 g/mol. The molecule has 0 radical (unpaired) electrons. The molecule has 2 rings (SSSR count). The standard InChI is InChI=1S/C12H20F3N3O/c1-17-4-2-3-9(6-17)7-18-8-11(19)16-5-10(18)12(13,14)15/h9-10H,2-8H2,1H3,(H,16,19). The quantitative estimate of drug-likeness (QED) is 0.808. The van der Waals surface area contributed by atoms with Gasteiger partial charge in [0.15, 0.2) is 0 Å². The minimum absolute atomic E-state index is 0.148. The Morgan fingerprint density at radius 2 is 2.16 bits per heavy atom. The number of hydrogen-bond acceptors (Lipinski definition) is 3. The average molecular weight is 279 g/mol. The normalized spacial score (nSPS) is 31.3. The monoisotopic (exact) mass is 279 g/mol. The molecule has 19 heavy (non-hydrogen) atoms. The molecule has 2 fully saturated rings. The second-order valence-electron chi connectivity index (χ2n) is 5.56. The Balaban J connectivity index is 1.99. The second kappa shape index (κ2) is 5.66. The zero-order chi connectivity index (χ0) is 14.0. The maximum Gasteiger partial charge on any atom is 0.405 e. The lowest BCUT2D eigenvalue weighted by Gasteiger charge is -2.40. The maximum atomic E-state index is 12.9. The van der Waals surface area contributed by atoms with Crippen LogP contribution in [0.4, 0.5) is 13.2 Å². The highest BCUT2D eigenvalue weighted by atomic mass is 19.4. The lowest BCUT2D eigenvalue weighted by atomic mass is 9.96. The predicted molar refractivity (Wildman–Crippen MR) is 64.6 cm³/mol. The minimum atomic E-state index is -4.28. The van der Waals surface area contributed by atoms with Gasteiger partial charge in [0.05, 0.1) is 6.54 Å². The van der Waals surface area contributed by atoms with E-state index in [4.69, 9.17) is 0 Å². The number of piperazine rings is 1. The summed E-state index contributed by atoms with van der Waals surface area (Å²) in [5.74, 6) is -0.0980. The first-order valence-corrected chi connectivity index (χ1v) is 6.62. The molecule has 2 aliphatic heterocycles. The predicted octanol–water partition coefficient (Wildman–Crippen LogP) is 0.691. The van der Waals surface area contributed by atoms with Crippen LogP contribution in [0.25, 0.3) is 0 Å². The van der Waals surface area contributed by atoms with Crippen molar-refractivity contribution in [2.24, 2.45) is 5.92 Å². The summed E-state index contributed by atoms with van der Waals surface area (Å²) in [6, 6.07) is -1.54. The van der Waals surface area contributed by atoms with Crippen LogP contribution in [0.2, 0.25) is 0 Å². The molecular formula is C12H20F3N3O. The van der Waals surface area contributed by atoms with Crippen LogP contribution in [0.15, 0.2) is 0 Å². The lowest BCUT2D eigenvalue weighted by molar-refractivity contribution is -0.190. The Bertz CT molecular complexity index is 335. The van der Waals surface area contributed by atoms with E-state index in [1.54, 1.807) is 0 Å². The summed E-state index contributed by atoms with van der Waals surface area (Å²) in [5.41, 5.74) is 0. The van der Waals surface area contributed by atoms with Crippen molar-refractivity contribution < 1.29 is 18.0 Å². The van der Waals surface area contributed by atoms with Crippen LogP contribution in [0, 0.1) is 5.92 Å². The lowest BCUT2D eigenvalue weighted by Crippen LogP contribution is -2.61. The van der Waals surface area contributed by atoms with E-state index in [-0.39, 0.29) is 24.9 Å². The highest BCUT2D eigenvalue weighted by molar-refractivity contribution is 5.78. The summed E-state index contributed by atoms with van der Waals surface area (Å²) in [6.07, 6.45) is -2.33. The fraction of sp³-hybridized carbons (Fsp3) is 0.917. The first-order chi connectivity index (χ1) is 8.86. The molecule has 7 heteroatoms. The molecule has 0 bridgehead atoms. The molecule has 0 saturated carbocycles. The van der Waals surface area contributed by atoms with Gasteiger partial charge >= 0.3 is 6.18 Å². The number of carbonyl (C=O) groups excluding carboxylic acids is 1. The number of carbonyl (C=O) groups is 1. The highest BCUT2D eigenvalue weighted by Crippen LogP contribution is 2.27. The average Bonchev–Trinajstić information content (AvgIpc) is 2.27. The molecule has 2 aliphatic rings. The molecule has 2 atom stereocenters. The Hall–Kier alpha value is -0.820. The van der Waals surface area contributed by atoms with Gasteiger partial charge in [0.1, 0.15) is 6.04 Å². The smallest absolute Gasteiger partial charge is 0.353 e. The molecule has 2 unspecified atom stereocenters. The summed E-state index contributed by atoms with van der Waals surface area (Å²) >= 11 is 0. The van der Waals surface area contributed by atoms with Crippen molar-refractivity contribution in [2.75, 3.05) is 39.8 Å². The van der Waals surface area contributed by atoms with Gasteiger partial charge in [-0.25, -0.2) is 0 Å². The summed E-state index contributed by atoms with van der Waals surface area (Å²) in [7, 11) is 1.98. The van der Waals surface area contributed by atoms with Gasteiger partial charge in [-0.1, -0.05) is 0 Å². The first kappa shape index (κ1) is 14.6. The largest absolute Gasteiger partial charge is 0.405 e. The molecule has 0 spiro atoms. The van der Waals surface area contributed by atoms with E-state index in [2.05, 4.69) is 10.2 Å². The number of hydrogen-bond donors (Lipinski definition) is 1. The van der Waals surface area contributed by atoms with Crippen molar-refractivity contribution in [3.63, 3.8) is 0 Å². The topological polar surface area (TPSA) is 35.6 Å². The van der Waals surface area contributed by atoms with Gasteiger partial charge in [-0.2, -0.15) is 13.2 Å². The Morgan fingerprint density at radius 1 is 1.42 bits per heavy atom. The van der Waals surface area contributed by atoms with Crippen molar-refractivity contribution in [1.82, 2.24) is 15.1 Å². The molecule has 4 nitrogen and oxygen atoms in total. The van der Waals surface area contributed by atoms with Gasteiger partial charge in [0.2, 0.25) is 5.91 Å². The second-order valence-corrected chi connectivity index (χ2v) is 5.56. The fourth-order valence-electron chi connectivity index (χ4n) is 2.96. The van der Waals surface area contributed by atoms with E-state index in [9.17, 15) is 18.0 Å². The Morgan fingerprint density at radius 3 is 2.79 bits per heavy atom. The van der Waals surface area contributed by atoms with Gasteiger partial charge in [0, 0.05) is 19.6 Å². The molecule has 2 saturated heterocycles. The van der Waals surface area contributed by atoms with Crippen LogP contribution in [-0.2, 0) is 4.79 Å².